The zero-order valence-electron chi connectivity index (χ0n) is 14.1. The van der Waals surface area contributed by atoms with Crippen LogP contribution in [0.25, 0.3) is 0 Å². The number of amides is 1. The van der Waals surface area contributed by atoms with Gasteiger partial charge in [0.1, 0.15) is 0 Å². The normalized spacial score (nSPS) is 25.7. The van der Waals surface area contributed by atoms with Crippen LogP contribution in [0.5, 0.6) is 0 Å². The molecule has 0 unspecified atom stereocenters. The van der Waals surface area contributed by atoms with Crippen molar-refractivity contribution in [3.8, 4) is 0 Å². The second-order valence-corrected chi connectivity index (χ2v) is 6.80. The Hall–Kier alpha value is -1.50. The van der Waals surface area contributed by atoms with Gasteiger partial charge in [0, 0.05) is 43.9 Å². The van der Waals surface area contributed by atoms with Gasteiger partial charge in [-0.05, 0) is 43.7 Å². The molecule has 1 saturated carbocycles. The molecule has 24 heavy (non-hydrogen) atoms. The highest BCUT2D eigenvalue weighted by atomic mass is 16.7. The minimum atomic E-state index is -0.222. The summed E-state index contributed by atoms with van der Waals surface area (Å²) < 4.78 is 0. The molecule has 6 heteroatoms. The molecule has 1 amide bonds. The first-order valence-electron chi connectivity index (χ1n) is 8.96. The van der Waals surface area contributed by atoms with Crippen LogP contribution in [-0.4, -0.2) is 52.9 Å². The molecule has 0 radical (unpaired) electrons. The Morgan fingerprint density at radius 2 is 2.29 bits per heavy atom. The first-order valence-corrected chi connectivity index (χ1v) is 8.96. The number of nitrogens with one attached hydrogen (secondary N) is 1. The number of aliphatic hydroxyl groups excluding tert-OH is 1. The molecule has 1 atom stereocenters. The van der Waals surface area contributed by atoms with Gasteiger partial charge in [0.15, 0.2) is 0 Å². The summed E-state index contributed by atoms with van der Waals surface area (Å²) in [6.07, 6.45) is 6.44. The lowest BCUT2D eigenvalue weighted by molar-refractivity contribution is -0.181. The van der Waals surface area contributed by atoms with Crippen molar-refractivity contribution in [1.82, 2.24) is 15.4 Å². The Labute approximate surface area is 143 Å². The van der Waals surface area contributed by atoms with Crippen LogP contribution >= 0.6 is 0 Å². The molecule has 0 bridgehead atoms. The smallest absolute Gasteiger partial charge is 0.221 e. The summed E-state index contributed by atoms with van der Waals surface area (Å²) in [5.74, 6) is 0.378. The number of aromatic nitrogens is 1. The summed E-state index contributed by atoms with van der Waals surface area (Å²) in [6, 6.07) is 5.88. The summed E-state index contributed by atoms with van der Waals surface area (Å²) in [5, 5.41) is 14.6. The molecule has 1 aliphatic heterocycles. The monoisotopic (exact) mass is 333 g/mol. The van der Waals surface area contributed by atoms with Crippen molar-refractivity contribution in [2.75, 3.05) is 19.7 Å². The van der Waals surface area contributed by atoms with E-state index < -0.39 is 0 Å². The highest BCUT2D eigenvalue weighted by Crippen LogP contribution is 2.31. The van der Waals surface area contributed by atoms with Gasteiger partial charge in [-0.1, -0.05) is 6.07 Å². The first-order chi connectivity index (χ1) is 11.7. The van der Waals surface area contributed by atoms with Gasteiger partial charge in [-0.25, -0.2) is 0 Å². The highest BCUT2D eigenvalue weighted by molar-refractivity contribution is 5.76. The largest absolute Gasteiger partial charge is 0.393 e. The average Bonchev–Trinajstić information content (AvgIpc) is 2.58. The van der Waals surface area contributed by atoms with Crippen LogP contribution in [0.3, 0.4) is 0 Å². The second-order valence-electron chi connectivity index (χ2n) is 6.80. The Morgan fingerprint density at radius 1 is 1.42 bits per heavy atom. The van der Waals surface area contributed by atoms with E-state index in [1.165, 1.54) is 0 Å². The first kappa shape index (κ1) is 17.3. The van der Waals surface area contributed by atoms with Crippen LogP contribution in [0.2, 0.25) is 0 Å². The Morgan fingerprint density at radius 3 is 2.96 bits per heavy atom. The van der Waals surface area contributed by atoms with Crippen LogP contribution in [0.4, 0.5) is 0 Å². The molecule has 132 valence electrons. The second kappa shape index (κ2) is 8.55. The van der Waals surface area contributed by atoms with E-state index >= 15 is 0 Å². The Kier molecular flexibility index (Phi) is 6.18. The predicted octanol–water partition coefficient (Wildman–Crippen LogP) is 1.30. The van der Waals surface area contributed by atoms with Gasteiger partial charge in [-0.3, -0.25) is 14.6 Å². The standard InChI is InChI=1S/C18H27N3O3/c22-16-11-14(12-16)17(13-15-5-1-2-7-19-15)20-18(23)6-9-21-8-3-4-10-24-21/h1-2,5,7,14,16-17,22H,3-4,6,8-13H2,(H,20,23)/t14?,16?,17-/m0/s1. The molecule has 1 saturated heterocycles. The quantitative estimate of drug-likeness (QED) is 0.787. The van der Waals surface area contributed by atoms with E-state index in [0.29, 0.717) is 25.3 Å². The van der Waals surface area contributed by atoms with Crippen molar-refractivity contribution in [1.29, 1.82) is 0 Å². The van der Waals surface area contributed by atoms with Crippen LogP contribution in [0, 0.1) is 5.92 Å². The van der Waals surface area contributed by atoms with Gasteiger partial charge in [-0.15, -0.1) is 0 Å². The molecular weight excluding hydrogens is 306 g/mol. The number of hydrogen-bond donors (Lipinski definition) is 2. The molecule has 2 N–H and O–H groups in total. The maximum absolute atomic E-state index is 12.3. The summed E-state index contributed by atoms with van der Waals surface area (Å²) in [4.78, 5) is 22.2. The number of pyridine rings is 1. The fourth-order valence-electron chi connectivity index (χ4n) is 3.37. The summed E-state index contributed by atoms with van der Waals surface area (Å²) >= 11 is 0. The fraction of sp³-hybridized carbons (Fsp3) is 0.667. The van der Waals surface area contributed by atoms with Crippen LogP contribution < -0.4 is 5.32 Å². The number of rotatable bonds is 7. The van der Waals surface area contributed by atoms with E-state index in [0.717, 1.165) is 44.5 Å². The van der Waals surface area contributed by atoms with Crippen molar-refractivity contribution in [3.05, 3.63) is 30.1 Å². The zero-order chi connectivity index (χ0) is 16.8. The molecule has 0 aromatic carbocycles. The van der Waals surface area contributed by atoms with Crippen molar-refractivity contribution in [3.63, 3.8) is 0 Å². The predicted molar refractivity (Wildman–Crippen MR) is 90.0 cm³/mol. The molecule has 3 rings (SSSR count). The van der Waals surface area contributed by atoms with Crippen LogP contribution in [-0.2, 0) is 16.1 Å². The molecule has 6 nitrogen and oxygen atoms in total. The lowest BCUT2D eigenvalue weighted by Crippen LogP contribution is -2.48. The van der Waals surface area contributed by atoms with Crippen molar-refractivity contribution < 1.29 is 14.7 Å². The third kappa shape index (κ3) is 5.00. The lowest BCUT2D eigenvalue weighted by Gasteiger charge is -2.38. The minimum Gasteiger partial charge on any atom is -0.393 e. The van der Waals surface area contributed by atoms with Crippen molar-refractivity contribution >= 4 is 5.91 Å². The van der Waals surface area contributed by atoms with Gasteiger partial charge in [0.25, 0.3) is 0 Å². The molecule has 2 heterocycles. The number of hydrogen-bond acceptors (Lipinski definition) is 5. The average molecular weight is 333 g/mol. The summed E-state index contributed by atoms with van der Waals surface area (Å²) in [7, 11) is 0. The Balaban J connectivity index is 1.49. The highest BCUT2D eigenvalue weighted by Gasteiger charge is 2.35. The van der Waals surface area contributed by atoms with Crippen molar-refractivity contribution in [2.45, 2.75) is 50.7 Å². The molecule has 0 spiro atoms. The molecule has 1 aromatic heterocycles. The van der Waals surface area contributed by atoms with Gasteiger partial charge in [-0.2, -0.15) is 5.06 Å². The summed E-state index contributed by atoms with van der Waals surface area (Å²) in [6.45, 7) is 2.29. The van der Waals surface area contributed by atoms with Gasteiger partial charge < -0.3 is 10.4 Å². The SMILES string of the molecule is O=C(CCN1CCCCO1)N[C@@H](Cc1ccccn1)C1CC(O)C1. The number of aliphatic hydroxyl groups is 1. The van der Waals surface area contributed by atoms with Gasteiger partial charge in [0.2, 0.25) is 5.91 Å². The zero-order valence-corrected chi connectivity index (χ0v) is 14.1. The van der Waals surface area contributed by atoms with Crippen LogP contribution in [0.1, 0.15) is 37.8 Å². The molecular formula is C18H27N3O3. The van der Waals surface area contributed by atoms with Crippen molar-refractivity contribution in [2.24, 2.45) is 5.92 Å². The fourth-order valence-corrected chi connectivity index (χ4v) is 3.37. The van der Waals surface area contributed by atoms with E-state index in [9.17, 15) is 9.90 Å². The van der Waals surface area contributed by atoms with E-state index in [1.807, 2.05) is 23.3 Å². The minimum absolute atomic E-state index is 0.0399. The lowest BCUT2D eigenvalue weighted by atomic mass is 9.76. The number of nitrogens with zero attached hydrogens (tertiary/aromatic N) is 2. The van der Waals surface area contributed by atoms with E-state index in [-0.39, 0.29) is 18.1 Å². The third-order valence-electron chi connectivity index (χ3n) is 4.88. The summed E-state index contributed by atoms with van der Waals surface area (Å²) in [5.41, 5.74) is 0.976. The van der Waals surface area contributed by atoms with E-state index in [4.69, 9.17) is 4.84 Å². The maximum atomic E-state index is 12.3. The van der Waals surface area contributed by atoms with Crippen LogP contribution in [0.15, 0.2) is 24.4 Å². The number of carbonyl (C=O) groups excluding carboxylic acids is 1. The molecule has 2 fully saturated rings. The Bertz CT molecular complexity index is 514. The number of carbonyl (C=O) groups is 1. The third-order valence-corrected chi connectivity index (χ3v) is 4.88. The molecule has 1 aliphatic carbocycles. The van der Waals surface area contributed by atoms with Gasteiger partial charge in [0.05, 0.1) is 12.7 Å². The topological polar surface area (TPSA) is 74.7 Å². The van der Waals surface area contributed by atoms with E-state index in [2.05, 4.69) is 10.3 Å². The maximum Gasteiger partial charge on any atom is 0.221 e. The van der Waals surface area contributed by atoms with E-state index in [1.54, 1.807) is 6.20 Å². The molecule has 1 aromatic rings. The number of hydroxylamine groups is 2. The van der Waals surface area contributed by atoms with Gasteiger partial charge >= 0.3 is 0 Å². The molecule has 2 aliphatic rings.